The monoisotopic (exact) mass is 346 g/mol. The Morgan fingerprint density at radius 1 is 1.29 bits per heavy atom. The fourth-order valence-corrected chi connectivity index (χ4v) is 2.85. The van der Waals surface area contributed by atoms with E-state index in [-0.39, 0.29) is 11.4 Å². The van der Waals surface area contributed by atoms with Crippen LogP contribution in [0.5, 0.6) is 0 Å². The van der Waals surface area contributed by atoms with Crippen LogP contribution in [0.1, 0.15) is 16.8 Å². The highest BCUT2D eigenvalue weighted by atomic mass is 79.9. The summed E-state index contributed by atoms with van der Waals surface area (Å²) in [5, 5.41) is 8.18. The third kappa shape index (κ3) is 2.61. The summed E-state index contributed by atoms with van der Waals surface area (Å²) in [6.07, 6.45) is 0.523. The average molecular weight is 347 g/mol. The Morgan fingerprint density at radius 3 is 2.86 bits per heavy atom. The lowest BCUT2D eigenvalue weighted by atomic mass is 10.0. The third-order valence-corrected chi connectivity index (χ3v) is 4.07. The van der Waals surface area contributed by atoms with Crippen LogP contribution >= 0.6 is 15.9 Å². The zero-order valence-corrected chi connectivity index (χ0v) is 12.9. The van der Waals surface area contributed by atoms with Gasteiger partial charge in [0, 0.05) is 11.8 Å². The van der Waals surface area contributed by atoms with Crippen LogP contribution in [0, 0.1) is 12.7 Å². The highest BCUT2D eigenvalue weighted by Gasteiger charge is 2.10. The summed E-state index contributed by atoms with van der Waals surface area (Å²) in [4.78, 5) is 11.9. The molecule has 0 aliphatic rings. The first-order chi connectivity index (χ1) is 10.1. The van der Waals surface area contributed by atoms with Gasteiger partial charge in [0.15, 0.2) is 0 Å². The van der Waals surface area contributed by atoms with Gasteiger partial charge in [-0.05, 0) is 46.1 Å². The van der Waals surface area contributed by atoms with E-state index in [1.807, 2.05) is 25.1 Å². The van der Waals surface area contributed by atoms with Crippen LogP contribution in [-0.4, -0.2) is 10.2 Å². The Labute approximate surface area is 129 Å². The fraction of sp³-hybridized carbons (Fsp3) is 0.125. The van der Waals surface area contributed by atoms with E-state index >= 15 is 0 Å². The van der Waals surface area contributed by atoms with Crippen molar-refractivity contribution in [3.05, 3.63) is 73.9 Å². The number of fused-ring (bicyclic) bond motifs is 1. The second-order valence-electron chi connectivity index (χ2n) is 4.92. The number of hydrogen-bond donors (Lipinski definition) is 1. The van der Waals surface area contributed by atoms with Gasteiger partial charge in [-0.2, -0.15) is 5.10 Å². The molecule has 0 aliphatic carbocycles. The molecule has 2 aromatic carbocycles. The highest BCUT2D eigenvalue weighted by molar-refractivity contribution is 9.10. The zero-order valence-electron chi connectivity index (χ0n) is 11.3. The van der Waals surface area contributed by atoms with E-state index in [2.05, 4.69) is 26.1 Å². The van der Waals surface area contributed by atoms with Crippen LogP contribution in [-0.2, 0) is 6.42 Å². The summed E-state index contributed by atoms with van der Waals surface area (Å²) in [6.45, 7) is 1.90. The molecule has 5 heteroatoms. The number of nitrogens with zero attached hydrogens (tertiary/aromatic N) is 1. The van der Waals surface area contributed by atoms with E-state index < -0.39 is 0 Å². The number of aromatic amines is 1. The average Bonchev–Trinajstić information content (AvgIpc) is 2.46. The summed E-state index contributed by atoms with van der Waals surface area (Å²) in [5.41, 5.74) is 2.42. The number of hydrogen-bond acceptors (Lipinski definition) is 2. The van der Waals surface area contributed by atoms with Gasteiger partial charge < -0.3 is 0 Å². The van der Waals surface area contributed by atoms with Crippen LogP contribution in [0.2, 0.25) is 0 Å². The lowest BCUT2D eigenvalue weighted by Crippen LogP contribution is -2.12. The largest absolute Gasteiger partial charge is 0.272 e. The van der Waals surface area contributed by atoms with Crippen LogP contribution in [0.15, 0.2) is 45.7 Å². The summed E-state index contributed by atoms with van der Waals surface area (Å²) in [7, 11) is 0. The molecule has 0 fully saturated rings. The Hall–Kier alpha value is -2.01. The van der Waals surface area contributed by atoms with Crippen LogP contribution in [0.4, 0.5) is 4.39 Å². The molecule has 106 valence electrons. The molecule has 3 nitrogen and oxygen atoms in total. The molecule has 21 heavy (non-hydrogen) atoms. The van der Waals surface area contributed by atoms with Crippen molar-refractivity contribution in [2.45, 2.75) is 13.3 Å². The lowest BCUT2D eigenvalue weighted by Gasteiger charge is -2.07. The summed E-state index contributed by atoms with van der Waals surface area (Å²) in [5.74, 6) is -0.297. The number of nitrogens with one attached hydrogen (secondary N) is 1. The Morgan fingerprint density at radius 2 is 2.10 bits per heavy atom. The fourth-order valence-electron chi connectivity index (χ4n) is 2.42. The van der Waals surface area contributed by atoms with Gasteiger partial charge in [0.25, 0.3) is 5.56 Å². The molecule has 0 bridgehead atoms. The molecule has 0 unspecified atom stereocenters. The molecule has 0 spiro atoms. The number of benzene rings is 2. The van der Waals surface area contributed by atoms with Gasteiger partial charge in [0.2, 0.25) is 0 Å². The third-order valence-electron chi connectivity index (χ3n) is 3.46. The van der Waals surface area contributed by atoms with E-state index in [1.54, 1.807) is 12.1 Å². The van der Waals surface area contributed by atoms with Gasteiger partial charge in [-0.15, -0.1) is 0 Å². The first-order valence-electron chi connectivity index (χ1n) is 6.47. The molecule has 0 amide bonds. The highest BCUT2D eigenvalue weighted by Crippen LogP contribution is 2.22. The van der Waals surface area contributed by atoms with Gasteiger partial charge in [0.1, 0.15) is 5.82 Å². The normalized spacial score (nSPS) is 11.0. The summed E-state index contributed by atoms with van der Waals surface area (Å²) in [6, 6.07) is 10.5. The number of aromatic nitrogens is 2. The van der Waals surface area contributed by atoms with Gasteiger partial charge in [-0.25, -0.2) is 9.49 Å². The molecular weight excluding hydrogens is 335 g/mol. The van der Waals surface area contributed by atoms with Crippen molar-refractivity contribution in [3.63, 3.8) is 0 Å². The SMILES string of the molecule is Cc1cccc2c(Cc3ccc(F)c(Br)c3)n[nH]c(=O)c12. The van der Waals surface area contributed by atoms with Gasteiger partial charge in [-0.1, -0.05) is 24.3 Å². The van der Waals surface area contributed by atoms with Crippen molar-refractivity contribution >= 4 is 26.7 Å². The van der Waals surface area contributed by atoms with Crippen molar-refractivity contribution in [1.29, 1.82) is 0 Å². The minimum atomic E-state index is -0.297. The maximum absolute atomic E-state index is 13.3. The summed E-state index contributed by atoms with van der Waals surface area (Å²) < 4.78 is 13.7. The van der Waals surface area contributed by atoms with E-state index in [4.69, 9.17) is 0 Å². The van der Waals surface area contributed by atoms with E-state index in [0.29, 0.717) is 16.3 Å². The number of aryl methyl sites for hydroxylation is 1. The predicted octanol–water partition coefficient (Wildman–Crippen LogP) is 3.72. The molecular formula is C16H12BrFN2O. The molecule has 0 aliphatic heterocycles. The van der Waals surface area contributed by atoms with Crippen molar-refractivity contribution in [3.8, 4) is 0 Å². The van der Waals surface area contributed by atoms with Gasteiger partial charge >= 0.3 is 0 Å². The van der Waals surface area contributed by atoms with E-state index in [9.17, 15) is 9.18 Å². The van der Waals surface area contributed by atoms with E-state index in [1.165, 1.54) is 6.07 Å². The number of rotatable bonds is 2. The quantitative estimate of drug-likeness (QED) is 0.768. The number of H-pyrrole nitrogens is 1. The molecule has 0 atom stereocenters. The van der Waals surface area contributed by atoms with Gasteiger partial charge in [-0.3, -0.25) is 4.79 Å². The molecule has 1 heterocycles. The van der Waals surface area contributed by atoms with Crippen molar-refractivity contribution in [2.75, 3.05) is 0 Å². The van der Waals surface area contributed by atoms with Crippen molar-refractivity contribution in [2.24, 2.45) is 0 Å². The maximum atomic E-state index is 13.3. The zero-order chi connectivity index (χ0) is 15.0. The predicted molar refractivity (Wildman–Crippen MR) is 84.0 cm³/mol. The standard InChI is InChI=1S/C16H12BrFN2O/c1-9-3-2-4-11-14(19-20-16(21)15(9)11)8-10-5-6-13(18)12(17)7-10/h2-7H,8H2,1H3,(H,20,21). The van der Waals surface area contributed by atoms with Crippen molar-refractivity contribution < 1.29 is 4.39 Å². The Kier molecular flexibility index (Phi) is 3.59. The Bertz CT molecular complexity index is 889. The topological polar surface area (TPSA) is 45.8 Å². The first-order valence-corrected chi connectivity index (χ1v) is 7.26. The molecule has 3 aromatic rings. The van der Waals surface area contributed by atoms with Crippen LogP contribution in [0.25, 0.3) is 10.8 Å². The molecule has 0 radical (unpaired) electrons. The van der Waals surface area contributed by atoms with E-state index in [0.717, 1.165) is 22.2 Å². The molecule has 0 saturated heterocycles. The number of halogens is 2. The van der Waals surface area contributed by atoms with Crippen LogP contribution in [0.3, 0.4) is 0 Å². The molecule has 3 rings (SSSR count). The molecule has 0 saturated carbocycles. The van der Waals surface area contributed by atoms with Crippen LogP contribution < -0.4 is 5.56 Å². The van der Waals surface area contributed by atoms with Crippen molar-refractivity contribution in [1.82, 2.24) is 10.2 Å². The van der Waals surface area contributed by atoms with Gasteiger partial charge in [0.05, 0.1) is 15.6 Å². The Balaban J connectivity index is 2.13. The molecule has 1 N–H and O–H groups in total. The first kappa shape index (κ1) is 13.9. The smallest absolute Gasteiger partial charge is 0.267 e. The second-order valence-corrected chi connectivity index (χ2v) is 5.78. The minimum absolute atomic E-state index is 0.188. The molecule has 1 aromatic heterocycles. The maximum Gasteiger partial charge on any atom is 0.272 e. The lowest BCUT2D eigenvalue weighted by molar-refractivity contribution is 0.620. The second kappa shape index (κ2) is 5.41. The minimum Gasteiger partial charge on any atom is -0.267 e. The summed E-state index contributed by atoms with van der Waals surface area (Å²) >= 11 is 3.18.